The summed E-state index contributed by atoms with van der Waals surface area (Å²) in [6.45, 7) is 3.51. The second-order valence-electron chi connectivity index (χ2n) is 7.19. The fraction of sp³-hybridized carbons (Fsp3) is 0.240. The standard InChI is InChI=1S/C22H17ClF4N2.C3H7FO/c1-2-29-21(13-15-6-4-3-5-7-15,20-9-8-18(23)14-28-20)16-10-17(22(25,26)27)12-19(24)11-16;1-5-3-2-4/h2-12,14,29H,1,13H2;2-3H2,1H3/t21-;/m0./s1. The summed E-state index contributed by atoms with van der Waals surface area (Å²) in [7, 11) is 1.47. The Kier molecular flexibility index (Phi) is 10.0. The maximum atomic E-state index is 14.3. The highest BCUT2D eigenvalue weighted by Gasteiger charge is 2.39. The van der Waals surface area contributed by atoms with Gasteiger partial charge in [0.05, 0.1) is 22.9 Å². The Balaban J connectivity index is 0.000000739. The molecule has 1 aromatic heterocycles. The van der Waals surface area contributed by atoms with Gasteiger partial charge in [-0.05, 0) is 47.7 Å². The zero-order chi connectivity index (χ0) is 25.2. The molecule has 2 aromatic carbocycles. The van der Waals surface area contributed by atoms with Crippen molar-refractivity contribution in [2.24, 2.45) is 0 Å². The van der Waals surface area contributed by atoms with E-state index in [-0.39, 0.29) is 25.3 Å². The third kappa shape index (κ3) is 7.27. The molecule has 0 amide bonds. The number of alkyl halides is 4. The minimum atomic E-state index is -4.70. The van der Waals surface area contributed by atoms with Crippen LogP contribution in [0.4, 0.5) is 22.0 Å². The Bertz CT molecular complexity index is 1040. The molecule has 0 spiro atoms. The number of hydrogen-bond acceptors (Lipinski definition) is 3. The van der Waals surface area contributed by atoms with Gasteiger partial charge in [0.15, 0.2) is 0 Å². The number of nitrogens with one attached hydrogen (secondary N) is 1. The molecule has 0 unspecified atom stereocenters. The third-order valence-corrected chi connectivity index (χ3v) is 5.05. The number of methoxy groups -OCH3 is 1. The minimum absolute atomic E-state index is 0.0726. The van der Waals surface area contributed by atoms with E-state index in [0.717, 1.165) is 17.7 Å². The molecule has 0 saturated carbocycles. The maximum absolute atomic E-state index is 14.3. The van der Waals surface area contributed by atoms with E-state index < -0.39 is 23.1 Å². The number of pyridine rings is 1. The molecule has 34 heavy (non-hydrogen) atoms. The van der Waals surface area contributed by atoms with Gasteiger partial charge >= 0.3 is 6.18 Å². The molecule has 1 N–H and O–H groups in total. The zero-order valence-electron chi connectivity index (χ0n) is 18.4. The van der Waals surface area contributed by atoms with Crippen molar-refractivity contribution in [3.8, 4) is 0 Å². The van der Waals surface area contributed by atoms with Crippen LogP contribution in [-0.2, 0) is 22.9 Å². The van der Waals surface area contributed by atoms with Crippen molar-refractivity contribution in [3.63, 3.8) is 0 Å². The summed E-state index contributed by atoms with van der Waals surface area (Å²) in [4.78, 5) is 4.32. The van der Waals surface area contributed by atoms with Gasteiger partial charge in [-0.2, -0.15) is 13.2 Å². The largest absolute Gasteiger partial charge is 0.416 e. The molecule has 9 heteroatoms. The summed E-state index contributed by atoms with van der Waals surface area (Å²) < 4.78 is 69.5. The Morgan fingerprint density at radius 1 is 1.06 bits per heavy atom. The predicted octanol–water partition coefficient (Wildman–Crippen LogP) is 6.71. The van der Waals surface area contributed by atoms with Crippen LogP contribution in [0.5, 0.6) is 0 Å². The number of benzene rings is 2. The van der Waals surface area contributed by atoms with Crippen molar-refractivity contribution in [3.05, 3.63) is 113 Å². The van der Waals surface area contributed by atoms with E-state index in [0.29, 0.717) is 16.8 Å². The first-order valence-electron chi connectivity index (χ1n) is 10.1. The van der Waals surface area contributed by atoms with Gasteiger partial charge < -0.3 is 10.1 Å². The van der Waals surface area contributed by atoms with Crippen LogP contribution >= 0.6 is 11.6 Å². The Labute approximate surface area is 200 Å². The molecular weight excluding hydrogens is 475 g/mol. The molecular formula is C25H24ClF5N2O. The lowest BCUT2D eigenvalue weighted by Gasteiger charge is -2.35. The monoisotopic (exact) mass is 498 g/mol. The van der Waals surface area contributed by atoms with Crippen molar-refractivity contribution in [2.75, 3.05) is 20.4 Å². The summed E-state index contributed by atoms with van der Waals surface area (Å²) in [5.74, 6) is -0.993. The van der Waals surface area contributed by atoms with Crippen LogP contribution in [0.25, 0.3) is 0 Å². The quantitative estimate of drug-likeness (QED) is 0.350. The summed E-state index contributed by atoms with van der Waals surface area (Å²) >= 11 is 5.94. The first-order chi connectivity index (χ1) is 16.2. The van der Waals surface area contributed by atoms with Crippen LogP contribution in [0, 0.1) is 5.82 Å². The first kappa shape index (κ1) is 27.3. The van der Waals surface area contributed by atoms with Crippen LogP contribution in [-0.4, -0.2) is 25.4 Å². The van der Waals surface area contributed by atoms with Crippen molar-refractivity contribution in [1.82, 2.24) is 10.3 Å². The molecule has 1 heterocycles. The average Bonchev–Trinajstić information content (AvgIpc) is 2.80. The van der Waals surface area contributed by atoms with Crippen molar-refractivity contribution < 1.29 is 26.7 Å². The predicted molar refractivity (Wildman–Crippen MR) is 123 cm³/mol. The number of aromatic nitrogens is 1. The van der Waals surface area contributed by atoms with Gasteiger partial charge in [-0.1, -0.05) is 48.5 Å². The van der Waals surface area contributed by atoms with E-state index in [1.54, 1.807) is 12.1 Å². The van der Waals surface area contributed by atoms with E-state index >= 15 is 0 Å². The summed E-state index contributed by atoms with van der Waals surface area (Å²) in [5.41, 5.74) is -1.11. The Morgan fingerprint density at radius 2 is 1.74 bits per heavy atom. The molecule has 0 aliphatic carbocycles. The minimum Gasteiger partial charge on any atom is -0.382 e. The number of nitrogens with zero attached hydrogens (tertiary/aromatic N) is 1. The number of ether oxygens (including phenoxy) is 1. The molecule has 0 saturated heterocycles. The summed E-state index contributed by atoms with van der Waals surface area (Å²) in [6.07, 6.45) is -1.74. The lowest BCUT2D eigenvalue weighted by molar-refractivity contribution is -0.137. The van der Waals surface area contributed by atoms with E-state index in [4.69, 9.17) is 11.6 Å². The number of hydrogen-bond donors (Lipinski definition) is 1. The van der Waals surface area contributed by atoms with Gasteiger partial charge in [-0.25, -0.2) is 8.78 Å². The SMILES string of the molecule is C=CN[C@@](Cc1ccccc1)(c1cc(F)cc(C(F)(F)F)c1)c1ccc(Cl)cn1.COCCF. The normalized spacial score (nSPS) is 12.8. The van der Waals surface area contributed by atoms with E-state index in [1.807, 2.05) is 30.3 Å². The zero-order valence-corrected chi connectivity index (χ0v) is 19.1. The summed E-state index contributed by atoms with van der Waals surface area (Å²) in [5, 5.41) is 3.40. The highest BCUT2D eigenvalue weighted by molar-refractivity contribution is 6.30. The fourth-order valence-electron chi connectivity index (χ4n) is 3.33. The third-order valence-electron chi connectivity index (χ3n) is 4.82. The van der Waals surface area contributed by atoms with Crippen molar-refractivity contribution in [2.45, 2.75) is 18.1 Å². The molecule has 3 aromatic rings. The van der Waals surface area contributed by atoms with Crippen molar-refractivity contribution in [1.29, 1.82) is 0 Å². The van der Waals surface area contributed by atoms with Gasteiger partial charge in [-0.3, -0.25) is 4.98 Å². The number of halogens is 6. The smallest absolute Gasteiger partial charge is 0.382 e. The van der Waals surface area contributed by atoms with Gasteiger partial charge in [0.25, 0.3) is 0 Å². The molecule has 0 aliphatic heterocycles. The van der Waals surface area contributed by atoms with E-state index in [9.17, 15) is 22.0 Å². The Hall–Kier alpha value is -2.97. The van der Waals surface area contributed by atoms with E-state index in [1.165, 1.54) is 19.5 Å². The highest BCUT2D eigenvalue weighted by Crippen LogP contribution is 2.37. The van der Waals surface area contributed by atoms with Crippen LogP contribution in [0.2, 0.25) is 5.02 Å². The lowest BCUT2D eigenvalue weighted by Crippen LogP contribution is -2.43. The molecule has 182 valence electrons. The van der Waals surface area contributed by atoms with Gasteiger partial charge in [0.1, 0.15) is 18.0 Å². The molecule has 1 atom stereocenters. The second-order valence-corrected chi connectivity index (χ2v) is 7.62. The van der Waals surface area contributed by atoms with Crippen LogP contribution in [0.1, 0.15) is 22.4 Å². The maximum Gasteiger partial charge on any atom is 0.416 e. The van der Waals surface area contributed by atoms with Crippen molar-refractivity contribution >= 4 is 11.6 Å². The van der Waals surface area contributed by atoms with Crippen LogP contribution < -0.4 is 5.32 Å². The van der Waals surface area contributed by atoms with Crippen LogP contribution in [0.15, 0.2) is 79.6 Å². The topological polar surface area (TPSA) is 34.2 Å². The van der Waals surface area contributed by atoms with Gasteiger partial charge in [0.2, 0.25) is 0 Å². The molecule has 0 bridgehead atoms. The van der Waals surface area contributed by atoms with Gasteiger partial charge in [-0.15, -0.1) is 0 Å². The average molecular weight is 499 g/mol. The lowest BCUT2D eigenvalue weighted by atomic mass is 9.80. The van der Waals surface area contributed by atoms with Crippen LogP contribution in [0.3, 0.4) is 0 Å². The molecule has 0 aliphatic rings. The van der Waals surface area contributed by atoms with E-state index in [2.05, 4.69) is 21.6 Å². The Morgan fingerprint density at radius 3 is 2.24 bits per heavy atom. The molecule has 3 rings (SSSR count). The molecule has 3 nitrogen and oxygen atoms in total. The molecule has 0 fully saturated rings. The fourth-order valence-corrected chi connectivity index (χ4v) is 3.44. The first-order valence-corrected chi connectivity index (χ1v) is 10.5. The second kappa shape index (κ2) is 12.5. The molecule has 0 radical (unpaired) electrons. The summed E-state index contributed by atoms with van der Waals surface area (Å²) in [6, 6.07) is 14.8. The highest BCUT2D eigenvalue weighted by atomic mass is 35.5. The number of rotatable bonds is 8. The van der Waals surface area contributed by atoms with Gasteiger partial charge in [0, 0.05) is 19.7 Å².